The highest BCUT2D eigenvalue weighted by atomic mass is 19.4. The molecule has 0 aliphatic rings. The number of hydrogen-bond donors (Lipinski definition) is 1. The van der Waals surface area contributed by atoms with Crippen molar-refractivity contribution in [3.63, 3.8) is 0 Å². The first kappa shape index (κ1) is 21.6. The monoisotopic (exact) mass is 419 g/mol. The average molecular weight is 419 g/mol. The molecule has 160 valence electrons. The summed E-state index contributed by atoms with van der Waals surface area (Å²) in [6.45, 7) is 8.04. The van der Waals surface area contributed by atoms with Gasteiger partial charge in [-0.05, 0) is 39.3 Å². The van der Waals surface area contributed by atoms with Crippen LogP contribution in [0.3, 0.4) is 0 Å². The second-order valence-electron chi connectivity index (χ2n) is 8.08. The standard InChI is InChI=1S/C21H24F3N5O/c1-5-8-28-13-15(6-7-19(28)30)29-12-14(10-26-29)16-11-25-18(27-20(2,3)4)9-17(16)21(22,23)24/h6-7,9-13H,5,8H2,1-4H3,(H,25,27). The molecule has 0 spiro atoms. The molecule has 0 atom stereocenters. The highest BCUT2D eigenvalue weighted by Crippen LogP contribution is 2.38. The fraction of sp³-hybridized carbons (Fsp3) is 0.381. The fourth-order valence-corrected chi connectivity index (χ4v) is 3.05. The number of aryl methyl sites for hydroxylation is 1. The zero-order chi connectivity index (χ0) is 22.1. The van der Waals surface area contributed by atoms with E-state index in [-0.39, 0.29) is 22.5 Å². The van der Waals surface area contributed by atoms with Crippen LogP contribution in [0, 0.1) is 0 Å². The van der Waals surface area contributed by atoms with Gasteiger partial charge in [-0.25, -0.2) is 9.67 Å². The molecule has 0 saturated heterocycles. The van der Waals surface area contributed by atoms with E-state index in [0.717, 1.165) is 12.5 Å². The Morgan fingerprint density at radius 1 is 1.10 bits per heavy atom. The van der Waals surface area contributed by atoms with E-state index in [9.17, 15) is 18.0 Å². The third-order valence-corrected chi connectivity index (χ3v) is 4.30. The number of nitrogens with zero attached hydrogens (tertiary/aromatic N) is 4. The normalized spacial score (nSPS) is 12.2. The minimum Gasteiger partial charge on any atom is -0.365 e. The van der Waals surface area contributed by atoms with Gasteiger partial charge < -0.3 is 9.88 Å². The molecule has 0 aromatic carbocycles. The van der Waals surface area contributed by atoms with Gasteiger partial charge in [0, 0.05) is 47.9 Å². The first-order valence-corrected chi connectivity index (χ1v) is 9.59. The van der Waals surface area contributed by atoms with E-state index in [1.165, 1.54) is 29.3 Å². The Morgan fingerprint density at radius 2 is 1.83 bits per heavy atom. The van der Waals surface area contributed by atoms with Crippen molar-refractivity contribution in [3.8, 4) is 16.8 Å². The summed E-state index contributed by atoms with van der Waals surface area (Å²) in [6.07, 6.45) is 1.93. The lowest BCUT2D eigenvalue weighted by molar-refractivity contribution is -0.137. The van der Waals surface area contributed by atoms with Crippen molar-refractivity contribution in [2.75, 3.05) is 5.32 Å². The SMILES string of the molecule is CCCn1cc(-n2cc(-c3cnc(NC(C)(C)C)cc3C(F)(F)F)cn2)ccc1=O. The Morgan fingerprint density at radius 3 is 2.47 bits per heavy atom. The number of halogens is 3. The molecule has 1 N–H and O–H groups in total. The molecular weight excluding hydrogens is 395 g/mol. The maximum absolute atomic E-state index is 13.7. The van der Waals surface area contributed by atoms with Crippen molar-refractivity contribution in [3.05, 3.63) is 58.9 Å². The Kier molecular flexibility index (Phi) is 5.74. The molecule has 6 nitrogen and oxygen atoms in total. The Bertz CT molecular complexity index is 1090. The molecule has 0 unspecified atom stereocenters. The van der Waals surface area contributed by atoms with Gasteiger partial charge in [0.25, 0.3) is 5.56 Å². The molecule has 3 heterocycles. The quantitative estimate of drug-likeness (QED) is 0.649. The predicted molar refractivity (Wildman–Crippen MR) is 110 cm³/mol. The summed E-state index contributed by atoms with van der Waals surface area (Å²) in [5, 5.41) is 7.15. The van der Waals surface area contributed by atoms with Crippen molar-refractivity contribution in [2.24, 2.45) is 0 Å². The van der Waals surface area contributed by atoms with Crippen LogP contribution >= 0.6 is 0 Å². The van der Waals surface area contributed by atoms with E-state index in [1.54, 1.807) is 16.8 Å². The number of anilines is 1. The number of pyridine rings is 2. The summed E-state index contributed by atoms with van der Waals surface area (Å²) < 4.78 is 44.2. The lowest BCUT2D eigenvalue weighted by Gasteiger charge is -2.22. The second-order valence-corrected chi connectivity index (χ2v) is 8.08. The van der Waals surface area contributed by atoms with Crippen molar-refractivity contribution in [1.29, 1.82) is 0 Å². The van der Waals surface area contributed by atoms with Gasteiger partial charge in [0.15, 0.2) is 0 Å². The number of rotatable bonds is 5. The molecule has 9 heteroatoms. The number of hydrogen-bond acceptors (Lipinski definition) is 4. The van der Waals surface area contributed by atoms with Crippen LogP contribution in [-0.4, -0.2) is 24.9 Å². The van der Waals surface area contributed by atoms with Gasteiger partial charge in [-0.15, -0.1) is 0 Å². The van der Waals surface area contributed by atoms with Gasteiger partial charge in [-0.2, -0.15) is 18.3 Å². The minimum atomic E-state index is -4.55. The molecule has 0 amide bonds. The van der Waals surface area contributed by atoms with Gasteiger partial charge in [-0.1, -0.05) is 6.92 Å². The molecule has 0 fully saturated rings. The smallest absolute Gasteiger partial charge is 0.365 e. The Balaban J connectivity index is 2.02. The predicted octanol–water partition coefficient (Wildman–Crippen LogP) is 4.74. The summed E-state index contributed by atoms with van der Waals surface area (Å²) in [5.41, 5.74) is -0.551. The lowest BCUT2D eigenvalue weighted by Crippen LogP contribution is -2.27. The molecule has 30 heavy (non-hydrogen) atoms. The molecule has 0 radical (unpaired) electrons. The topological polar surface area (TPSA) is 64.7 Å². The summed E-state index contributed by atoms with van der Waals surface area (Å²) >= 11 is 0. The van der Waals surface area contributed by atoms with Gasteiger partial charge >= 0.3 is 6.18 Å². The van der Waals surface area contributed by atoms with Crippen molar-refractivity contribution in [1.82, 2.24) is 19.3 Å². The Labute approximate surface area is 172 Å². The van der Waals surface area contributed by atoms with Crippen LogP contribution in [0.4, 0.5) is 19.0 Å². The van der Waals surface area contributed by atoms with Crippen LogP contribution in [0.1, 0.15) is 39.7 Å². The van der Waals surface area contributed by atoms with Crippen LogP contribution in [-0.2, 0) is 12.7 Å². The third kappa shape index (κ3) is 4.90. The zero-order valence-corrected chi connectivity index (χ0v) is 17.3. The van der Waals surface area contributed by atoms with Crippen LogP contribution in [0.15, 0.2) is 47.8 Å². The molecule has 3 aromatic heterocycles. The van der Waals surface area contributed by atoms with Crippen molar-refractivity contribution >= 4 is 5.82 Å². The zero-order valence-electron chi connectivity index (χ0n) is 17.3. The maximum Gasteiger partial charge on any atom is 0.417 e. The summed E-state index contributed by atoms with van der Waals surface area (Å²) in [6, 6.07) is 4.02. The Hall–Kier alpha value is -3.10. The number of alkyl halides is 3. The summed E-state index contributed by atoms with van der Waals surface area (Å²) in [5.74, 6) is 0.151. The van der Waals surface area contributed by atoms with Gasteiger partial charge in [0.2, 0.25) is 0 Å². The van der Waals surface area contributed by atoms with Gasteiger partial charge in [0.1, 0.15) is 5.82 Å². The molecule has 0 saturated carbocycles. The minimum absolute atomic E-state index is 0.0601. The second kappa shape index (κ2) is 7.97. The molecule has 3 aromatic rings. The number of aromatic nitrogens is 4. The highest BCUT2D eigenvalue weighted by Gasteiger charge is 2.35. The van der Waals surface area contributed by atoms with Crippen LogP contribution < -0.4 is 10.9 Å². The number of nitrogens with one attached hydrogen (secondary N) is 1. The molecule has 0 aliphatic heterocycles. The van der Waals surface area contributed by atoms with E-state index in [2.05, 4.69) is 15.4 Å². The van der Waals surface area contributed by atoms with Crippen molar-refractivity contribution < 1.29 is 13.2 Å². The average Bonchev–Trinajstić information content (AvgIpc) is 3.11. The van der Waals surface area contributed by atoms with E-state index in [4.69, 9.17) is 0 Å². The fourth-order valence-electron chi connectivity index (χ4n) is 3.05. The van der Waals surface area contributed by atoms with Crippen LogP contribution in [0.5, 0.6) is 0 Å². The molecule has 0 aliphatic carbocycles. The van der Waals surface area contributed by atoms with Crippen molar-refractivity contribution in [2.45, 2.75) is 52.4 Å². The lowest BCUT2D eigenvalue weighted by atomic mass is 10.0. The third-order valence-electron chi connectivity index (χ3n) is 4.30. The van der Waals surface area contributed by atoms with Gasteiger partial charge in [0.05, 0.1) is 17.4 Å². The van der Waals surface area contributed by atoms with E-state index < -0.39 is 17.3 Å². The first-order chi connectivity index (χ1) is 14.0. The first-order valence-electron chi connectivity index (χ1n) is 9.59. The summed E-state index contributed by atoms with van der Waals surface area (Å²) in [7, 11) is 0. The maximum atomic E-state index is 13.7. The van der Waals surface area contributed by atoms with Crippen LogP contribution in [0.25, 0.3) is 16.8 Å². The van der Waals surface area contributed by atoms with E-state index in [1.807, 2.05) is 27.7 Å². The molecule has 3 rings (SSSR count). The molecule has 0 bridgehead atoms. The van der Waals surface area contributed by atoms with Gasteiger partial charge in [-0.3, -0.25) is 4.79 Å². The van der Waals surface area contributed by atoms with Crippen LogP contribution in [0.2, 0.25) is 0 Å². The van der Waals surface area contributed by atoms with E-state index in [0.29, 0.717) is 12.2 Å². The summed E-state index contributed by atoms with van der Waals surface area (Å²) in [4.78, 5) is 16.1. The largest absolute Gasteiger partial charge is 0.417 e. The molecular formula is C21H24F3N5O. The van der Waals surface area contributed by atoms with E-state index >= 15 is 0 Å². The highest BCUT2D eigenvalue weighted by molar-refractivity contribution is 5.68.